The second-order valence-corrected chi connectivity index (χ2v) is 4.20. The molecule has 0 bridgehead atoms. The molecule has 1 rings (SSSR count). The highest BCUT2D eigenvalue weighted by molar-refractivity contribution is 5.53. The molecule has 0 radical (unpaired) electrons. The van der Waals surface area contributed by atoms with Crippen LogP contribution >= 0.6 is 0 Å². The quantitative estimate of drug-likeness (QED) is 0.758. The van der Waals surface area contributed by atoms with Crippen molar-refractivity contribution in [1.29, 1.82) is 0 Å². The molecular weight excluding hydrogens is 170 g/mol. The normalized spacial score (nSPS) is 12.9. The maximum atomic E-state index is 3.54. The molecule has 1 aromatic rings. The molecule has 0 heterocycles. The van der Waals surface area contributed by atoms with Gasteiger partial charge in [0, 0.05) is 11.7 Å². The van der Waals surface area contributed by atoms with Gasteiger partial charge in [0.05, 0.1) is 0 Å². The van der Waals surface area contributed by atoms with Gasteiger partial charge in [-0.25, -0.2) is 0 Å². The Balaban J connectivity index is 2.84. The van der Waals surface area contributed by atoms with Crippen molar-refractivity contribution < 1.29 is 0 Å². The Morgan fingerprint density at radius 1 is 1.14 bits per heavy atom. The molecule has 0 aliphatic heterocycles. The summed E-state index contributed by atoms with van der Waals surface area (Å²) >= 11 is 0. The van der Waals surface area contributed by atoms with Crippen LogP contribution < -0.4 is 5.32 Å². The van der Waals surface area contributed by atoms with E-state index in [9.17, 15) is 0 Å². The van der Waals surface area contributed by atoms with E-state index in [1.165, 1.54) is 11.3 Å². The average Bonchev–Trinajstić information content (AvgIpc) is 2.18. The Bertz CT molecular complexity index is 278. The third kappa shape index (κ3) is 2.76. The molecule has 0 aromatic heterocycles. The van der Waals surface area contributed by atoms with Gasteiger partial charge >= 0.3 is 0 Å². The maximum absolute atomic E-state index is 3.54. The van der Waals surface area contributed by atoms with Crippen molar-refractivity contribution in [1.82, 2.24) is 0 Å². The summed E-state index contributed by atoms with van der Waals surface area (Å²) in [5, 5.41) is 3.54. The summed E-state index contributed by atoms with van der Waals surface area (Å²) in [6, 6.07) is 9.12. The van der Waals surface area contributed by atoms with Gasteiger partial charge in [0.2, 0.25) is 0 Å². The number of hydrogen-bond donors (Lipinski definition) is 1. The van der Waals surface area contributed by atoms with Gasteiger partial charge in [0.1, 0.15) is 0 Å². The summed E-state index contributed by atoms with van der Waals surface area (Å²) in [7, 11) is 0. The lowest BCUT2D eigenvalue weighted by atomic mass is 10.0. The fraction of sp³-hybridized carbons (Fsp3) is 0.538. The molecule has 0 fully saturated rings. The van der Waals surface area contributed by atoms with Gasteiger partial charge in [-0.1, -0.05) is 39.0 Å². The van der Waals surface area contributed by atoms with E-state index in [0.29, 0.717) is 12.0 Å². The topological polar surface area (TPSA) is 12.0 Å². The molecule has 0 saturated carbocycles. The van der Waals surface area contributed by atoms with Crippen LogP contribution in [-0.4, -0.2) is 6.04 Å². The Hall–Kier alpha value is -0.980. The second kappa shape index (κ2) is 5.04. The number of para-hydroxylation sites is 1. The molecule has 1 N–H and O–H groups in total. The first-order valence-corrected chi connectivity index (χ1v) is 5.50. The van der Waals surface area contributed by atoms with E-state index in [1.807, 2.05) is 0 Å². The molecule has 1 aromatic carbocycles. The van der Waals surface area contributed by atoms with Crippen molar-refractivity contribution in [2.75, 3.05) is 5.32 Å². The maximum Gasteiger partial charge on any atom is 0.0377 e. The molecule has 0 unspecified atom stereocenters. The Morgan fingerprint density at radius 3 is 2.36 bits per heavy atom. The average molecular weight is 191 g/mol. The van der Waals surface area contributed by atoms with E-state index in [1.54, 1.807) is 0 Å². The van der Waals surface area contributed by atoms with Crippen LogP contribution in [0.15, 0.2) is 24.3 Å². The largest absolute Gasteiger partial charge is 0.382 e. The van der Waals surface area contributed by atoms with Crippen molar-refractivity contribution in [3.63, 3.8) is 0 Å². The van der Waals surface area contributed by atoms with Gasteiger partial charge in [-0.3, -0.25) is 0 Å². The predicted molar refractivity (Wildman–Crippen MR) is 63.9 cm³/mol. The van der Waals surface area contributed by atoms with Crippen LogP contribution in [0.5, 0.6) is 0 Å². The van der Waals surface area contributed by atoms with Crippen LogP contribution in [0, 0.1) is 0 Å². The van der Waals surface area contributed by atoms with E-state index >= 15 is 0 Å². The van der Waals surface area contributed by atoms with Gasteiger partial charge in [-0.15, -0.1) is 0 Å². The lowest BCUT2D eigenvalue weighted by Gasteiger charge is -2.18. The Morgan fingerprint density at radius 2 is 1.79 bits per heavy atom. The number of benzene rings is 1. The van der Waals surface area contributed by atoms with Crippen LogP contribution in [0.4, 0.5) is 5.69 Å². The van der Waals surface area contributed by atoms with E-state index in [0.717, 1.165) is 6.42 Å². The summed E-state index contributed by atoms with van der Waals surface area (Å²) in [5.41, 5.74) is 2.70. The molecule has 0 aliphatic carbocycles. The van der Waals surface area contributed by atoms with Crippen LogP contribution in [-0.2, 0) is 0 Å². The standard InChI is InChI=1S/C13H21N/c1-5-11(4)14-13-9-7-6-8-12(13)10(2)3/h6-11,14H,5H2,1-4H3/t11-/m0/s1. The van der Waals surface area contributed by atoms with E-state index in [2.05, 4.69) is 57.3 Å². The highest BCUT2D eigenvalue weighted by atomic mass is 14.9. The highest BCUT2D eigenvalue weighted by Crippen LogP contribution is 2.24. The molecule has 0 aliphatic rings. The second-order valence-electron chi connectivity index (χ2n) is 4.20. The molecule has 78 valence electrons. The van der Waals surface area contributed by atoms with Crippen LogP contribution in [0.25, 0.3) is 0 Å². The summed E-state index contributed by atoms with van der Waals surface area (Å²) in [6.45, 7) is 8.89. The molecule has 0 amide bonds. The van der Waals surface area contributed by atoms with Crippen LogP contribution in [0.2, 0.25) is 0 Å². The van der Waals surface area contributed by atoms with Crippen LogP contribution in [0.1, 0.15) is 45.6 Å². The van der Waals surface area contributed by atoms with Gasteiger partial charge in [0.25, 0.3) is 0 Å². The van der Waals surface area contributed by atoms with E-state index < -0.39 is 0 Å². The van der Waals surface area contributed by atoms with Gasteiger partial charge in [-0.2, -0.15) is 0 Å². The van der Waals surface area contributed by atoms with Gasteiger partial charge in [-0.05, 0) is 30.9 Å². The van der Waals surface area contributed by atoms with E-state index in [4.69, 9.17) is 0 Å². The fourth-order valence-electron chi connectivity index (χ4n) is 1.50. The van der Waals surface area contributed by atoms with E-state index in [-0.39, 0.29) is 0 Å². The summed E-state index contributed by atoms with van der Waals surface area (Å²) < 4.78 is 0. The van der Waals surface area contributed by atoms with Gasteiger partial charge in [0.15, 0.2) is 0 Å². The van der Waals surface area contributed by atoms with Crippen molar-refractivity contribution in [2.45, 2.75) is 46.1 Å². The molecule has 14 heavy (non-hydrogen) atoms. The smallest absolute Gasteiger partial charge is 0.0377 e. The number of nitrogens with one attached hydrogen (secondary N) is 1. The van der Waals surface area contributed by atoms with Crippen molar-refractivity contribution in [3.05, 3.63) is 29.8 Å². The van der Waals surface area contributed by atoms with Crippen molar-refractivity contribution >= 4 is 5.69 Å². The summed E-state index contributed by atoms with van der Waals surface area (Å²) in [4.78, 5) is 0. The van der Waals surface area contributed by atoms with Gasteiger partial charge < -0.3 is 5.32 Å². The number of rotatable bonds is 4. The Labute approximate surface area is 87.5 Å². The first kappa shape index (κ1) is 11.1. The minimum atomic E-state index is 0.551. The lowest BCUT2D eigenvalue weighted by molar-refractivity contribution is 0.757. The molecule has 1 heteroatoms. The molecule has 1 atom stereocenters. The predicted octanol–water partition coefficient (Wildman–Crippen LogP) is 4.02. The zero-order valence-corrected chi connectivity index (χ0v) is 9.67. The monoisotopic (exact) mass is 191 g/mol. The zero-order chi connectivity index (χ0) is 10.6. The molecular formula is C13H21N. The Kier molecular flexibility index (Phi) is 3.99. The lowest BCUT2D eigenvalue weighted by Crippen LogP contribution is -2.14. The number of anilines is 1. The van der Waals surface area contributed by atoms with Crippen molar-refractivity contribution in [3.8, 4) is 0 Å². The number of hydrogen-bond acceptors (Lipinski definition) is 1. The third-order valence-electron chi connectivity index (χ3n) is 2.60. The first-order valence-electron chi connectivity index (χ1n) is 5.50. The summed E-state index contributed by atoms with van der Waals surface area (Å²) in [5.74, 6) is 0.586. The highest BCUT2D eigenvalue weighted by Gasteiger charge is 2.06. The first-order chi connectivity index (χ1) is 6.65. The zero-order valence-electron chi connectivity index (χ0n) is 9.67. The minimum absolute atomic E-state index is 0.551. The van der Waals surface area contributed by atoms with Crippen molar-refractivity contribution in [2.24, 2.45) is 0 Å². The molecule has 0 saturated heterocycles. The fourth-order valence-corrected chi connectivity index (χ4v) is 1.50. The summed E-state index contributed by atoms with van der Waals surface area (Å²) in [6.07, 6.45) is 1.16. The minimum Gasteiger partial charge on any atom is -0.382 e. The SMILES string of the molecule is CC[C@H](C)Nc1ccccc1C(C)C. The molecule has 1 nitrogen and oxygen atoms in total. The third-order valence-corrected chi connectivity index (χ3v) is 2.60. The van der Waals surface area contributed by atoms with Crippen LogP contribution in [0.3, 0.4) is 0 Å². The molecule has 0 spiro atoms.